The molecule has 21 heavy (non-hydrogen) atoms. The Bertz CT molecular complexity index is 581. The fraction of sp³-hybridized carbons (Fsp3) is 0.571. The van der Waals surface area contributed by atoms with Crippen LogP contribution in [0.2, 0.25) is 0 Å². The number of nitrogen functional groups attached to an aromatic ring is 1. The molecule has 2 rings (SSSR count). The number of hydrogen-bond acceptors (Lipinski definition) is 5. The Labute approximate surface area is 127 Å². The van der Waals surface area contributed by atoms with E-state index in [4.69, 9.17) is 5.73 Å². The van der Waals surface area contributed by atoms with Crippen molar-refractivity contribution >= 4 is 21.4 Å². The molecule has 0 bridgehead atoms. The van der Waals surface area contributed by atoms with E-state index in [9.17, 15) is 8.42 Å². The predicted octanol–water partition coefficient (Wildman–Crippen LogP) is 0.709. The molecular weight excluding hydrogens is 288 g/mol. The number of nitrogens with zero attached hydrogens (tertiary/aromatic N) is 2. The molecule has 7 heteroatoms. The third-order valence-corrected chi connectivity index (χ3v) is 5.24. The van der Waals surface area contributed by atoms with Gasteiger partial charge >= 0.3 is 0 Å². The molecule has 6 nitrogen and oxygen atoms in total. The van der Waals surface area contributed by atoms with Crippen LogP contribution >= 0.6 is 0 Å². The molecular formula is C14H24N4O2S. The molecule has 3 N–H and O–H groups in total. The fourth-order valence-corrected chi connectivity index (χ4v) is 3.40. The van der Waals surface area contributed by atoms with Gasteiger partial charge in [-0.25, -0.2) is 13.1 Å². The summed E-state index contributed by atoms with van der Waals surface area (Å²) in [7, 11) is -2.05. The van der Waals surface area contributed by atoms with Crippen molar-refractivity contribution in [1.29, 1.82) is 0 Å². The zero-order chi connectivity index (χ0) is 15.5. The molecule has 0 radical (unpaired) electrons. The molecule has 1 fully saturated rings. The average Bonchev–Trinajstić information content (AvgIpc) is 2.48. The summed E-state index contributed by atoms with van der Waals surface area (Å²) in [5.41, 5.74) is 7.48. The molecule has 0 unspecified atom stereocenters. The summed E-state index contributed by atoms with van der Waals surface area (Å²) in [5.74, 6) is 0. The molecule has 118 valence electrons. The Morgan fingerprint density at radius 3 is 2.43 bits per heavy atom. The highest BCUT2D eigenvalue weighted by Crippen LogP contribution is 2.27. The second-order valence-electron chi connectivity index (χ2n) is 5.26. The molecule has 0 spiro atoms. The predicted molar refractivity (Wildman–Crippen MR) is 86.0 cm³/mol. The van der Waals surface area contributed by atoms with Gasteiger partial charge in [0.1, 0.15) is 0 Å². The molecule has 1 aromatic rings. The number of nitrogens with one attached hydrogen (secondary N) is 1. The molecule has 1 aromatic carbocycles. The first-order chi connectivity index (χ1) is 9.97. The van der Waals surface area contributed by atoms with Gasteiger partial charge in [0, 0.05) is 26.2 Å². The zero-order valence-electron chi connectivity index (χ0n) is 12.7. The lowest BCUT2D eigenvalue weighted by Crippen LogP contribution is -2.46. The Balaban J connectivity index is 2.12. The summed E-state index contributed by atoms with van der Waals surface area (Å²) in [4.78, 5) is 4.86. The van der Waals surface area contributed by atoms with E-state index in [0.717, 1.165) is 38.4 Å². The van der Waals surface area contributed by atoms with Gasteiger partial charge in [0.25, 0.3) is 0 Å². The standard InChI is InChI=1S/C14H24N4O2S/c1-3-6-17-7-9-18(10-8-17)14-5-4-12(11-13(14)15)21(19,20)16-2/h4-5,11,16H,3,6-10,15H2,1-2H3. The maximum Gasteiger partial charge on any atom is 0.240 e. The minimum Gasteiger partial charge on any atom is -0.397 e. The van der Waals surface area contributed by atoms with Crippen molar-refractivity contribution in [2.45, 2.75) is 18.2 Å². The summed E-state index contributed by atoms with van der Waals surface area (Å²) in [6, 6.07) is 4.94. The maximum atomic E-state index is 11.8. The van der Waals surface area contributed by atoms with Crippen LogP contribution in [0.5, 0.6) is 0 Å². The minimum atomic E-state index is -3.44. The maximum absolute atomic E-state index is 11.8. The van der Waals surface area contributed by atoms with E-state index in [-0.39, 0.29) is 4.90 Å². The fourth-order valence-electron chi connectivity index (χ4n) is 2.63. The van der Waals surface area contributed by atoms with Crippen LogP contribution in [0.3, 0.4) is 0 Å². The van der Waals surface area contributed by atoms with Crippen molar-refractivity contribution in [2.24, 2.45) is 0 Å². The first kappa shape index (κ1) is 16.1. The van der Waals surface area contributed by atoms with Gasteiger partial charge in [0.15, 0.2) is 0 Å². The molecule has 0 saturated carbocycles. The summed E-state index contributed by atoms with van der Waals surface area (Å²) in [6.07, 6.45) is 1.17. The van der Waals surface area contributed by atoms with Crippen LogP contribution in [0.15, 0.2) is 23.1 Å². The zero-order valence-corrected chi connectivity index (χ0v) is 13.5. The van der Waals surface area contributed by atoms with E-state index in [1.807, 2.05) is 0 Å². The van der Waals surface area contributed by atoms with E-state index in [2.05, 4.69) is 21.4 Å². The highest BCUT2D eigenvalue weighted by Gasteiger charge is 2.20. The highest BCUT2D eigenvalue weighted by atomic mass is 32.2. The van der Waals surface area contributed by atoms with Crippen LogP contribution in [0.25, 0.3) is 0 Å². The average molecular weight is 312 g/mol. The van der Waals surface area contributed by atoms with Gasteiger partial charge in [0.2, 0.25) is 10.0 Å². The molecule has 0 atom stereocenters. The van der Waals surface area contributed by atoms with Crippen molar-refractivity contribution in [2.75, 3.05) is 50.4 Å². The lowest BCUT2D eigenvalue weighted by molar-refractivity contribution is 0.258. The molecule has 1 aliphatic heterocycles. The molecule has 0 aliphatic carbocycles. The van der Waals surface area contributed by atoms with Crippen LogP contribution in [-0.2, 0) is 10.0 Å². The topological polar surface area (TPSA) is 78.7 Å². The van der Waals surface area contributed by atoms with Crippen LogP contribution in [0.1, 0.15) is 13.3 Å². The van der Waals surface area contributed by atoms with Gasteiger partial charge < -0.3 is 10.6 Å². The minimum absolute atomic E-state index is 0.205. The van der Waals surface area contributed by atoms with Gasteiger partial charge in [-0.05, 0) is 38.2 Å². The third kappa shape index (κ3) is 3.66. The van der Waals surface area contributed by atoms with Crippen LogP contribution in [0.4, 0.5) is 11.4 Å². The molecule has 0 aromatic heterocycles. The monoisotopic (exact) mass is 312 g/mol. The van der Waals surface area contributed by atoms with E-state index < -0.39 is 10.0 Å². The SMILES string of the molecule is CCCN1CCN(c2ccc(S(=O)(=O)NC)cc2N)CC1. The number of nitrogens with two attached hydrogens (primary N) is 1. The summed E-state index contributed by atoms with van der Waals surface area (Å²) >= 11 is 0. The quantitative estimate of drug-likeness (QED) is 0.783. The summed E-state index contributed by atoms with van der Waals surface area (Å²) < 4.78 is 25.8. The van der Waals surface area contributed by atoms with Gasteiger partial charge in [-0.1, -0.05) is 6.92 Å². The van der Waals surface area contributed by atoms with E-state index >= 15 is 0 Å². The number of benzene rings is 1. The van der Waals surface area contributed by atoms with E-state index in [0.29, 0.717) is 5.69 Å². The number of piperazine rings is 1. The Hall–Kier alpha value is -1.31. The summed E-state index contributed by atoms with van der Waals surface area (Å²) in [5, 5.41) is 0. The van der Waals surface area contributed by atoms with Crippen molar-refractivity contribution in [1.82, 2.24) is 9.62 Å². The van der Waals surface area contributed by atoms with Crippen molar-refractivity contribution in [3.63, 3.8) is 0 Å². The Morgan fingerprint density at radius 1 is 1.24 bits per heavy atom. The Morgan fingerprint density at radius 2 is 1.90 bits per heavy atom. The van der Waals surface area contributed by atoms with Crippen molar-refractivity contribution in [3.8, 4) is 0 Å². The van der Waals surface area contributed by atoms with E-state index in [1.165, 1.54) is 19.5 Å². The Kier molecular flexibility index (Phi) is 5.08. The second-order valence-corrected chi connectivity index (χ2v) is 7.14. The molecule has 0 amide bonds. The van der Waals surface area contributed by atoms with Crippen LogP contribution < -0.4 is 15.4 Å². The first-order valence-corrected chi connectivity index (χ1v) is 8.76. The summed E-state index contributed by atoms with van der Waals surface area (Å²) in [6.45, 7) is 7.19. The number of hydrogen-bond donors (Lipinski definition) is 2. The largest absolute Gasteiger partial charge is 0.397 e. The number of sulfonamides is 1. The van der Waals surface area contributed by atoms with Gasteiger partial charge in [-0.15, -0.1) is 0 Å². The van der Waals surface area contributed by atoms with Gasteiger partial charge in [0.05, 0.1) is 16.3 Å². The van der Waals surface area contributed by atoms with Crippen LogP contribution in [-0.4, -0.2) is 53.1 Å². The lowest BCUT2D eigenvalue weighted by Gasteiger charge is -2.36. The molecule has 1 aliphatic rings. The first-order valence-electron chi connectivity index (χ1n) is 7.28. The van der Waals surface area contributed by atoms with Gasteiger partial charge in [-0.3, -0.25) is 4.90 Å². The number of anilines is 2. The number of rotatable bonds is 5. The lowest BCUT2D eigenvalue weighted by atomic mass is 10.2. The molecule has 1 saturated heterocycles. The van der Waals surface area contributed by atoms with Crippen molar-refractivity contribution < 1.29 is 8.42 Å². The molecule has 1 heterocycles. The smallest absolute Gasteiger partial charge is 0.240 e. The van der Waals surface area contributed by atoms with E-state index in [1.54, 1.807) is 12.1 Å². The highest BCUT2D eigenvalue weighted by molar-refractivity contribution is 7.89. The second kappa shape index (κ2) is 6.64. The van der Waals surface area contributed by atoms with Crippen molar-refractivity contribution in [3.05, 3.63) is 18.2 Å². The normalized spacial score (nSPS) is 17.1. The van der Waals surface area contributed by atoms with Gasteiger partial charge in [-0.2, -0.15) is 0 Å². The van der Waals surface area contributed by atoms with Crippen LogP contribution in [0, 0.1) is 0 Å². The third-order valence-electron chi connectivity index (χ3n) is 3.83.